The highest BCUT2D eigenvalue weighted by Gasteiger charge is 2.09. The number of halogens is 1. The summed E-state index contributed by atoms with van der Waals surface area (Å²) >= 11 is 0. The molecule has 1 aromatic rings. The number of sulfone groups is 1. The van der Waals surface area contributed by atoms with E-state index in [4.69, 9.17) is 0 Å². The molecule has 26 heavy (non-hydrogen) atoms. The SMILES string of the molecule is CCNC(=NCc1cccc(NC(C)=O)c1)NC(C)CCS(C)(=O)=O.I. The first kappa shape index (κ1) is 24.6. The Morgan fingerprint density at radius 3 is 2.58 bits per heavy atom. The highest BCUT2D eigenvalue weighted by Crippen LogP contribution is 2.11. The Balaban J connectivity index is 0.00000625. The van der Waals surface area contributed by atoms with Gasteiger partial charge in [-0.2, -0.15) is 0 Å². The molecule has 0 radical (unpaired) electrons. The molecule has 0 aliphatic heterocycles. The highest BCUT2D eigenvalue weighted by atomic mass is 127. The fraction of sp³-hybridized carbons (Fsp3) is 0.529. The van der Waals surface area contributed by atoms with Crippen molar-refractivity contribution in [3.8, 4) is 0 Å². The van der Waals surface area contributed by atoms with Gasteiger partial charge in [0.15, 0.2) is 5.96 Å². The third-order valence-corrected chi connectivity index (χ3v) is 4.29. The van der Waals surface area contributed by atoms with Crippen molar-refractivity contribution in [2.24, 2.45) is 4.99 Å². The average Bonchev–Trinajstić information content (AvgIpc) is 2.50. The van der Waals surface area contributed by atoms with Crippen LogP contribution in [0.5, 0.6) is 0 Å². The maximum Gasteiger partial charge on any atom is 0.221 e. The number of benzene rings is 1. The number of nitrogens with zero attached hydrogens (tertiary/aromatic N) is 1. The molecule has 9 heteroatoms. The quantitative estimate of drug-likeness (QED) is 0.291. The summed E-state index contributed by atoms with van der Waals surface area (Å²) in [7, 11) is -2.97. The summed E-state index contributed by atoms with van der Waals surface area (Å²) < 4.78 is 22.5. The van der Waals surface area contributed by atoms with E-state index in [0.29, 0.717) is 25.5 Å². The van der Waals surface area contributed by atoms with Crippen molar-refractivity contribution in [1.29, 1.82) is 0 Å². The van der Waals surface area contributed by atoms with Crippen molar-refractivity contribution < 1.29 is 13.2 Å². The molecule has 0 aliphatic rings. The molecule has 1 atom stereocenters. The molecule has 1 aromatic carbocycles. The lowest BCUT2D eigenvalue weighted by Gasteiger charge is -2.17. The summed E-state index contributed by atoms with van der Waals surface area (Å²) in [4.78, 5) is 15.6. The summed E-state index contributed by atoms with van der Waals surface area (Å²) in [6.45, 7) is 6.51. The summed E-state index contributed by atoms with van der Waals surface area (Å²) in [5.74, 6) is 0.656. The molecule has 0 spiro atoms. The minimum Gasteiger partial charge on any atom is -0.357 e. The van der Waals surface area contributed by atoms with E-state index >= 15 is 0 Å². The topological polar surface area (TPSA) is 99.7 Å². The minimum absolute atomic E-state index is 0. The Kier molecular flexibility index (Phi) is 11.5. The van der Waals surface area contributed by atoms with Crippen molar-refractivity contribution in [3.63, 3.8) is 0 Å². The highest BCUT2D eigenvalue weighted by molar-refractivity contribution is 14.0. The molecule has 0 heterocycles. The normalized spacial score (nSPS) is 12.7. The Bertz CT molecular complexity index is 708. The van der Waals surface area contributed by atoms with E-state index in [-0.39, 0.29) is 41.7 Å². The zero-order chi connectivity index (χ0) is 18.9. The number of aliphatic imine (C=N–C) groups is 1. The zero-order valence-corrected chi connectivity index (χ0v) is 18.9. The van der Waals surface area contributed by atoms with E-state index in [1.165, 1.54) is 13.2 Å². The van der Waals surface area contributed by atoms with E-state index in [9.17, 15) is 13.2 Å². The van der Waals surface area contributed by atoms with Gasteiger partial charge in [0, 0.05) is 31.5 Å². The molecule has 7 nitrogen and oxygen atoms in total. The Labute approximate surface area is 173 Å². The third-order valence-electron chi connectivity index (χ3n) is 3.32. The van der Waals surface area contributed by atoms with Crippen molar-refractivity contribution in [1.82, 2.24) is 10.6 Å². The van der Waals surface area contributed by atoms with E-state index < -0.39 is 9.84 Å². The molecular formula is C17H29IN4O3S. The summed E-state index contributed by atoms with van der Waals surface area (Å²) in [6.07, 6.45) is 1.75. The second kappa shape index (κ2) is 12.1. The lowest BCUT2D eigenvalue weighted by atomic mass is 10.2. The summed E-state index contributed by atoms with van der Waals surface area (Å²) in [6, 6.07) is 7.49. The lowest BCUT2D eigenvalue weighted by molar-refractivity contribution is -0.114. The fourth-order valence-electron chi connectivity index (χ4n) is 2.14. The number of amides is 1. The summed E-state index contributed by atoms with van der Waals surface area (Å²) in [5.41, 5.74) is 1.70. The van der Waals surface area contributed by atoms with Crippen LogP contribution in [0.1, 0.15) is 32.8 Å². The molecule has 0 saturated heterocycles. The van der Waals surface area contributed by atoms with E-state index in [2.05, 4.69) is 20.9 Å². The number of carbonyl (C=O) groups excluding carboxylic acids is 1. The van der Waals surface area contributed by atoms with Crippen LogP contribution in [-0.4, -0.2) is 44.9 Å². The zero-order valence-electron chi connectivity index (χ0n) is 15.7. The predicted octanol–water partition coefficient (Wildman–Crippen LogP) is 2.14. The van der Waals surface area contributed by atoms with Crippen LogP contribution in [-0.2, 0) is 21.2 Å². The minimum atomic E-state index is -2.97. The number of guanidine groups is 1. The van der Waals surface area contributed by atoms with Crippen LogP contribution in [0.4, 0.5) is 5.69 Å². The monoisotopic (exact) mass is 496 g/mol. The molecule has 0 aliphatic carbocycles. The molecule has 0 aromatic heterocycles. The van der Waals surface area contributed by atoms with Crippen molar-refractivity contribution in [3.05, 3.63) is 29.8 Å². The van der Waals surface area contributed by atoms with Crippen LogP contribution in [0, 0.1) is 0 Å². The number of nitrogens with one attached hydrogen (secondary N) is 3. The molecular weight excluding hydrogens is 467 g/mol. The van der Waals surface area contributed by atoms with E-state index in [0.717, 1.165) is 11.3 Å². The molecule has 0 saturated carbocycles. The lowest BCUT2D eigenvalue weighted by Crippen LogP contribution is -2.42. The largest absolute Gasteiger partial charge is 0.357 e. The van der Waals surface area contributed by atoms with Gasteiger partial charge < -0.3 is 16.0 Å². The number of carbonyl (C=O) groups is 1. The van der Waals surface area contributed by atoms with Gasteiger partial charge in [-0.3, -0.25) is 4.79 Å². The van der Waals surface area contributed by atoms with Gasteiger partial charge in [-0.15, -0.1) is 24.0 Å². The van der Waals surface area contributed by atoms with Crippen molar-refractivity contribution in [2.45, 2.75) is 39.8 Å². The molecule has 0 bridgehead atoms. The molecule has 1 amide bonds. The van der Waals surface area contributed by atoms with E-state index in [1.54, 1.807) is 0 Å². The number of hydrogen-bond acceptors (Lipinski definition) is 4. The fourth-order valence-corrected chi connectivity index (χ4v) is 2.92. The maximum absolute atomic E-state index is 11.3. The molecule has 1 rings (SSSR count). The van der Waals surface area contributed by atoms with Gasteiger partial charge in [-0.25, -0.2) is 13.4 Å². The second-order valence-corrected chi connectivity index (χ2v) is 8.30. The molecule has 148 valence electrons. The van der Waals surface area contributed by atoms with Gasteiger partial charge in [0.25, 0.3) is 0 Å². The number of rotatable bonds is 8. The first-order valence-corrected chi connectivity index (χ1v) is 10.3. The van der Waals surface area contributed by atoms with Gasteiger partial charge in [0.05, 0.1) is 12.3 Å². The Morgan fingerprint density at radius 1 is 1.31 bits per heavy atom. The van der Waals surface area contributed by atoms with Crippen molar-refractivity contribution in [2.75, 3.05) is 23.9 Å². The molecule has 0 fully saturated rings. The third kappa shape index (κ3) is 11.3. The first-order valence-electron chi connectivity index (χ1n) is 8.28. The Morgan fingerprint density at radius 2 is 2.00 bits per heavy atom. The van der Waals surface area contributed by atoms with Crippen LogP contribution in [0.25, 0.3) is 0 Å². The number of hydrogen-bond donors (Lipinski definition) is 3. The smallest absolute Gasteiger partial charge is 0.221 e. The van der Waals surface area contributed by atoms with Crippen LogP contribution in [0.3, 0.4) is 0 Å². The number of anilines is 1. The van der Waals surface area contributed by atoms with Crippen LogP contribution >= 0.6 is 24.0 Å². The molecule has 1 unspecified atom stereocenters. The second-order valence-electron chi connectivity index (χ2n) is 6.04. The van der Waals surface area contributed by atoms with Gasteiger partial charge in [0.1, 0.15) is 9.84 Å². The van der Waals surface area contributed by atoms with Crippen molar-refractivity contribution >= 4 is 51.4 Å². The van der Waals surface area contributed by atoms with E-state index in [1.807, 2.05) is 38.1 Å². The predicted molar refractivity (Wildman–Crippen MR) is 118 cm³/mol. The van der Waals surface area contributed by atoms with Gasteiger partial charge >= 0.3 is 0 Å². The van der Waals surface area contributed by atoms with Crippen LogP contribution in [0.2, 0.25) is 0 Å². The Hall–Kier alpha value is -1.36. The average molecular weight is 496 g/mol. The standard InChI is InChI=1S/C17H28N4O3S.HI/c1-5-18-17(20-13(2)9-10-25(4,23)24)19-12-15-7-6-8-16(11-15)21-14(3)22;/h6-8,11,13H,5,9-10,12H2,1-4H3,(H,21,22)(H2,18,19,20);1H. The van der Waals surface area contributed by atoms with Crippen LogP contribution in [0.15, 0.2) is 29.3 Å². The molecule has 3 N–H and O–H groups in total. The van der Waals surface area contributed by atoms with Gasteiger partial charge in [-0.1, -0.05) is 12.1 Å². The van der Waals surface area contributed by atoms with Gasteiger partial charge in [-0.05, 0) is 38.0 Å². The van der Waals surface area contributed by atoms with Gasteiger partial charge in [0.2, 0.25) is 5.91 Å². The van der Waals surface area contributed by atoms with Crippen LogP contribution < -0.4 is 16.0 Å². The maximum atomic E-state index is 11.3. The summed E-state index contributed by atoms with van der Waals surface area (Å²) in [5, 5.41) is 9.11. The first-order chi connectivity index (χ1) is 11.7.